The van der Waals surface area contributed by atoms with Crippen LogP contribution in [0.1, 0.15) is 35.7 Å². The first-order valence-corrected chi connectivity index (χ1v) is 11.8. The summed E-state index contributed by atoms with van der Waals surface area (Å²) in [7, 11) is 1.64. The number of ether oxygens (including phenoxy) is 1. The molecule has 2 bridgehead atoms. The van der Waals surface area contributed by atoms with E-state index in [-0.39, 0.29) is 35.6 Å². The molecule has 1 N–H and O–H groups in total. The molecule has 6 rings (SSSR count). The lowest BCUT2D eigenvalue weighted by molar-refractivity contribution is -0.934. The zero-order valence-electron chi connectivity index (χ0n) is 19.5. The van der Waals surface area contributed by atoms with E-state index >= 15 is 0 Å². The van der Waals surface area contributed by atoms with Gasteiger partial charge in [0.25, 0.3) is 0 Å². The summed E-state index contributed by atoms with van der Waals surface area (Å²) in [4.78, 5) is 25.9. The Balaban J connectivity index is 0.00000241. The molecule has 2 unspecified atom stereocenters. The second kappa shape index (κ2) is 8.10. The van der Waals surface area contributed by atoms with E-state index in [9.17, 15) is 9.59 Å². The molecule has 3 aliphatic heterocycles. The van der Waals surface area contributed by atoms with Crippen molar-refractivity contribution in [3.05, 3.63) is 82.6 Å². The summed E-state index contributed by atoms with van der Waals surface area (Å²) in [6, 6.07) is 16.2. The highest BCUT2D eigenvalue weighted by Crippen LogP contribution is 2.63. The van der Waals surface area contributed by atoms with Crippen LogP contribution in [0.5, 0.6) is 5.75 Å². The van der Waals surface area contributed by atoms with Crippen LogP contribution in [0.4, 0.5) is 5.69 Å². The van der Waals surface area contributed by atoms with Gasteiger partial charge >= 0.3 is 0 Å². The molecule has 34 heavy (non-hydrogen) atoms. The van der Waals surface area contributed by atoms with Crippen molar-refractivity contribution in [1.82, 2.24) is 0 Å². The number of carbonyl (C=O) groups is 2. The van der Waals surface area contributed by atoms with Gasteiger partial charge in [0.05, 0.1) is 19.1 Å². The van der Waals surface area contributed by atoms with Crippen molar-refractivity contribution in [3.63, 3.8) is 0 Å². The molecule has 0 saturated carbocycles. The maximum atomic E-state index is 13.5. The normalized spacial score (nSPS) is 31.3. The van der Waals surface area contributed by atoms with Gasteiger partial charge in [-0.3, -0.25) is 9.59 Å². The maximum Gasteiger partial charge on any atom is 0.216 e. The van der Waals surface area contributed by atoms with Gasteiger partial charge in [-0.2, -0.15) is 0 Å². The lowest BCUT2D eigenvalue weighted by Crippen LogP contribution is -3.00. The number of rotatable bonds is 5. The Morgan fingerprint density at radius 2 is 1.97 bits per heavy atom. The number of ketones is 1. The first-order valence-electron chi connectivity index (χ1n) is 11.8. The number of methoxy groups -OCH3 is 1. The number of hydrogen-bond acceptors (Lipinski definition) is 4. The Labute approximate surface area is 206 Å². The van der Waals surface area contributed by atoms with E-state index in [1.165, 1.54) is 11.1 Å². The third-order valence-corrected chi connectivity index (χ3v) is 8.73. The first kappa shape index (κ1) is 22.9. The largest absolute Gasteiger partial charge is 1.00 e. The van der Waals surface area contributed by atoms with Crippen LogP contribution < -0.4 is 22.5 Å². The minimum atomic E-state index is -0.206. The van der Waals surface area contributed by atoms with Crippen LogP contribution in [0.15, 0.2) is 71.5 Å². The van der Waals surface area contributed by atoms with Gasteiger partial charge in [0.15, 0.2) is 0 Å². The number of anilines is 1. The summed E-state index contributed by atoms with van der Waals surface area (Å²) in [6.45, 7) is 4.32. The molecule has 3 heterocycles. The summed E-state index contributed by atoms with van der Waals surface area (Å²) in [5.74, 6) is 1.07. The standard InChI is InChI=1S/C28H28N2O3.ClH/c1-3-18-15-30(16-25(32)19-8-10-20(33-2)11-9-19)13-12-28-23-6-4-5-7-24(23)29-27(28)22(17-31)21(18)14-26(28)30;/h3-11,17,21,26H,12-16H2,1-2H3;1H/b18-3-;/t21-,26?,28+,30?;/m0./s1. The zero-order chi connectivity index (χ0) is 22.8. The van der Waals surface area contributed by atoms with Crippen molar-refractivity contribution < 1.29 is 31.2 Å². The predicted molar refractivity (Wildman–Crippen MR) is 127 cm³/mol. The van der Waals surface area contributed by atoms with Gasteiger partial charge in [0.1, 0.15) is 31.2 Å². The molecule has 1 aliphatic carbocycles. The summed E-state index contributed by atoms with van der Waals surface area (Å²) in [5, 5.41) is 3.66. The second-order valence-corrected chi connectivity index (χ2v) is 9.92. The van der Waals surface area contributed by atoms with E-state index in [0.29, 0.717) is 6.54 Å². The number of fused-ring (bicyclic) bond motifs is 2. The Morgan fingerprint density at radius 3 is 2.68 bits per heavy atom. The molecule has 6 heteroatoms. The lowest BCUT2D eigenvalue weighted by atomic mass is 9.61. The van der Waals surface area contributed by atoms with Gasteiger partial charge in [0, 0.05) is 41.3 Å². The monoisotopic (exact) mass is 476 g/mol. The molecular formula is C28H29ClN2O3. The lowest BCUT2D eigenvalue weighted by Gasteiger charge is -2.53. The molecule has 1 spiro atoms. The molecular weight excluding hydrogens is 448 g/mol. The van der Waals surface area contributed by atoms with Gasteiger partial charge in [-0.05, 0) is 48.4 Å². The third kappa shape index (κ3) is 2.90. The first-order chi connectivity index (χ1) is 16.1. The van der Waals surface area contributed by atoms with Gasteiger partial charge in [-0.1, -0.05) is 24.3 Å². The number of carbonyl (C=O) groups excluding carboxylic acids is 2. The Kier molecular flexibility index (Phi) is 5.45. The number of Topliss-reactive ketones (excluding diaryl/α,β-unsaturated/α-hetero) is 1. The number of quaternary nitrogens is 1. The predicted octanol–water partition coefficient (Wildman–Crippen LogP) is 1.27. The average Bonchev–Trinajstić information content (AvgIpc) is 3.38. The van der Waals surface area contributed by atoms with Crippen molar-refractivity contribution in [1.29, 1.82) is 0 Å². The SMILES string of the molecule is C/C=C1/C[N+]2(CC(=O)c3ccc(OC)cc3)CC[C@]34C(=C(C=O)[C@H]1CC32)Nc1ccccc14.[Cl-]. The molecule has 4 atom stereocenters. The molecule has 2 fully saturated rings. The molecule has 4 aliphatic rings. The van der Waals surface area contributed by atoms with Crippen molar-refractivity contribution >= 4 is 17.8 Å². The van der Waals surface area contributed by atoms with E-state index in [4.69, 9.17) is 4.74 Å². The number of halogens is 1. The number of para-hydroxylation sites is 1. The molecule has 2 saturated heterocycles. The number of piperidine rings is 1. The number of benzene rings is 2. The molecule has 0 radical (unpaired) electrons. The van der Waals surface area contributed by atoms with E-state index in [1.807, 2.05) is 24.3 Å². The zero-order valence-corrected chi connectivity index (χ0v) is 20.3. The molecule has 2 aromatic rings. The summed E-state index contributed by atoms with van der Waals surface area (Å²) < 4.78 is 6.04. The third-order valence-electron chi connectivity index (χ3n) is 8.73. The van der Waals surface area contributed by atoms with Crippen molar-refractivity contribution in [2.75, 3.05) is 32.1 Å². The minimum Gasteiger partial charge on any atom is -1.00 e. The Bertz CT molecular complexity index is 1230. The van der Waals surface area contributed by atoms with E-state index in [1.54, 1.807) is 7.11 Å². The van der Waals surface area contributed by atoms with Gasteiger partial charge in [-0.15, -0.1) is 0 Å². The number of hydrogen-bond donors (Lipinski definition) is 1. The molecule has 0 aromatic heterocycles. The van der Waals surface area contributed by atoms with E-state index in [2.05, 4.69) is 42.6 Å². The number of allylic oxidation sites excluding steroid dienone is 2. The van der Waals surface area contributed by atoms with Crippen LogP contribution in [0.3, 0.4) is 0 Å². The van der Waals surface area contributed by atoms with Crippen LogP contribution in [-0.2, 0) is 10.2 Å². The highest BCUT2D eigenvalue weighted by atomic mass is 35.5. The number of nitrogens with zero attached hydrogens (tertiary/aromatic N) is 1. The second-order valence-electron chi connectivity index (χ2n) is 9.92. The van der Waals surface area contributed by atoms with Crippen LogP contribution in [0.25, 0.3) is 0 Å². The maximum absolute atomic E-state index is 13.5. The van der Waals surface area contributed by atoms with Crippen LogP contribution in [0, 0.1) is 5.92 Å². The van der Waals surface area contributed by atoms with Crippen molar-refractivity contribution in [2.45, 2.75) is 31.2 Å². The molecule has 2 aromatic carbocycles. The fourth-order valence-electron chi connectivity index (χ4n) is 7.28. The van der Waals surface area contributed by atoms with E-state index < -0.39 is 0 Å². The summed E-state index contributed by atoms with van der Waals surface area (Å²) >= 11 is 0. The highest BCUT2D eigenvalue weighted by molar-refractivity contribution is 5.97. The fraction of sp³-hybridized carbons (Fsp3) is 0.357. The van der Waals surface area contributed by atoms with Gasteiger partial charge in [0.2, 0.25) is 5.78 Å². The van der Waals surface area contributed by atoms with Crippen LogP contribution >= 0.6 is 0 Å². The van der Waals surface area contributed by atoms with Crippen LogP contribution in [-0.4, -0.2) is 49.3 Å². The van der Waals surface area contributed by atoms with E-state index in [0.717, 1.165) is 65.0 Å². The minimum absolute atomic E-state index is 0. The highest BCUT2D eigenvalue weighted by Gasteiger charge is 2.68. The Hall–Kier alpha value is -2.89. The van der Waals surface area contributed by atoms with Gasteiger partial charge < -0.3 is 26.9 Å². The van der Waals surface area contributed by atoms with Crippen molar-refractivity contribution in [3.8, 4) is 5.75 Å². The van der Waals surface area contributed by atoms with Gasteiger partial charge in [-0.25, -0.2) is 0 Å². The molecule has 5 nitrogen and oxygen atoms in total. The number of nitrogens with one attached hydrogen (secondary N) is 1. The topological polar surface area (TPSA) is 55.4 Å². The van der Waals surface area contributed by atoms with Crippen LogP contribution in [0.2, 0.25) is 0 Å². The number of aldehydes is 1. The molecule has 0 amide bonds. The summed E-state index contributed by atoms with van der Waals surface area (Å²) in [6.07, 6.45) is 5.13. The van der Waals surface area contributed by atoms with Crippen molar-refractivity contribution in [2.24, 2.45) is 5.92 Å². The Morgan fingerprint density at radius 1 is 1.21 bits per heavy atom. The quantitative estimate of drug-likeness (QED) is 0.305. The molecule has 176 valence electrons. The smallest absolute Gasteiger partial charge is 0.216 e. The fourth-order valence-corrected chi connectivity index (χ4v) is 7.28. The average molecular weight is 477 g/mol. The summed E-state index contributed by atoms with van der Waals surface area (Å²) in [5.41, 5.74) is 6.23.